The van der Waals surface area contributed by atoms with Crippen molar-refractivity contribution in [1.29, 1.82) is 5.26 Å². The van der Waals surface area contributed by atoms with Crippen molar-refractivity contribution in [3.8, 4) is 6.07 Å². The molecule has 3 nitrogen and oxygen atoms in total. The van der Waals surface area contributed by atoms with Crippen LogP contribution >= 0.6 is 15.9 Å². The van der Waals surface area contributed by atoms with Gasteiger partial charge in [-0.05, 0) is 29.3 Å². The van der Waals surface area contributed by atoms with E-state index in [-0.39, 0.29) is 0 Å². The molecule has 0 heterocycles. The van der Waals surface area contributed by atoms with Gasteiger partial charge in [0.15, 0.2) is 0 Å². The lowest BCUT2D eigenvalue weighted by molar-refractivity contribution is 0.185. The van der Waals surface area contributed by atoms with Gasteiger partial charge in [0, 0.05) is 18.1 Å². The SMILES string of the molecule is COCc1cccc(CNc2ccc(Br)cc2C#N)c1. The maximum absolute atomic E-state index is 9.13. The molecule has 0 fully saturated rings. The van der Waals surface area contributed by atoms with Crippen LogP contribution in [0.3, 0.4) is 0 Å². The van der Waals surface area contributed by atoms with E-state index in [2.05, 4.69) is 39.4 Å². The fourth-order valence-electron chi connectivity index (χ4n) is 1.96. The lowest BCUT2D eigenvalue weighted by Crippen LogP contribution is -2.02. The number of anilines is 1. The van der Waals surface area contributed by atoms with Gasteiger partial charge in [-0.25, -0.2) is 0 Å². The maximum atomic E-state index is 9.13. The molecule has 0 spiro atoms. The van der Waals surface area contributed by atoms with Crippen molar-refractivity contribution >= 4 is 21.6 Å². The topological polar surface area (TPSA) is 45.0 Å². The first-order valence-corrected chi connectivity index (χ1v) is 7.02. The zero-order valence-corrected chi connectivity index (χ0v) is 12.8. The van der Waals surface area contributed by atoms with Gasteiger partial charge in [-0.1, -0.05) is 40.2 Å². The molecule has 2 rings (SSSR count). The molecule has 0 aliphatic heterocycles. The van der Waals surface area contributed by atoms with Crippen molar-refractivity contribution in [2.45, 2.75) is 13.2 Å². The Morgan fingerprint density at radius 1 is 1.20 bits per heavy atom. The fourth-order valence-corrected chi connectivity index (χ4v) is 2.32. The molecule has 4 heteroatoms. The zero-order chi connectivity index (χ0) is 14.4. The molecule has 0 atom stereocenters. The highest BCUT2D eigenvalue weighted by Gasteiger charge is 2.03. The van der Waals surface area contributed by atoms with Crippen LogP contribution in [0.2, 0.25) is 0 Å². The molecule has 2 aromatic carbocycles. The maximum Gasteiger partial charge on any atom is 0.101 e. The molecule has 0 amide bonds. The largest absolute Gasteiger partial charge is 0.380 e. The predicted octanol–water partition coefficient (Wildman–Crippen LogP) is 4.08. The number of ether oxygens (including phenoxy) is 1. The van der Waals surface area contributed by atoms with E-state index in [4.69, 9.17) is 10.00 Å². The van der Waals surface area contributed by atoms with Gasteiger partial charge in [-0.15, -0.1) is 0 Å². The second-order valence-electron chi connectivity index (χ2n) is 4.41. The molecule has 20 heavy (non-hydrogen) atoms. The molecule has 0 unspecified atom stereocenters. The van der Waals surface area contributed by atoms with E-state index < -0.39 is 0 Å². The summed E-state index contributed by atoms with van der Waals surface area (Å²) < 4.78 is 6.03. The number of rotatable bonds is 5. The summed E-state index contributed by atoms with van der Waals surface area (Å²) in [6.45, 7) is 1.28. The highest BCUT2D eigenvalue weighted by Crippen LogP contribution is 2.21. The number of halogens is 1. The summed E-state index contributed by atoms with van der Waals surface area (Å²) >= 11 is 3.37. The van der Waals surface area contributed by atoms with Crippen molar-refractivity contribution in [3.63, 3.8) is 0 Å². The molecule has 0 bridgehead atoms. The van der Waals surface area contributed by atoms with Crippen LogP contribution in [0.4, 0.5) is 5.69 Å². The zero-order valence-electron chi connectivity index (χ0n) is 11.2. The van der Waals surface area contributed by atoms with E-state index in [1.165, 1.54) is 0 Å². The molecular weight excluding hydrogens is 316 g/mol. The standard InChI is InChI=1S/C16H15BrN2O/c1-20-11-13-4-2-3-12(7-13)10-19-16-6-5-15(17)8-14(16)9-18/h2-8,19H,10-11H2,1H3. The Morgan fingerprint density at radius 3 is 2.75 bits per heavy atom. The van der Waals surface area contributed by atoms with Crippen LogP contribution in [0.5, 0.6) is 0 Å². The van der Waals surface area contributed by atoms with Crippen LogP contribution in [0.25, 0.3) is 0 Å². The van der Waals surface area contributed by atoms with Crippen molar-refractivity contribution in [2.24, 2.45) is 0 Å². The lowest BCUT2D eigenvalue weighted by atomic mass is 10.1. The number of nitriles is 1. The van der Waals surface area contributed by atoms with Gasteiger partial charge in [0.05, 0.1) is 17.9 Å². The summed E-state index contributed by atoms with van der Waals surface area (Å²) in [6, 6.07) is 16.0. The third-order valence-electron chi connectivity index (χ3n) is 2.89. The Balaban J connectivity index is 2.09. The minimum absolute atomic E-state index is 0.607. The van der Waals surface area contributed by atoms with Crippen LogP contribution in [-0.2, 0) is 17.9 Å². The first-order chi connectivity index (χ1) is 9.72. The summed E-state index contributed by atoms with van der Waals surface area (Å²) in [5.74, 6) is 0. The minimum atomic E-state index is 0.607. The first kappa shape index (κ1) is 14.6. The van der Waals surface area contributed by atoms with Crippen molar-refractivity contribution in [3.05, 3.63) is 63.6 Å². The second-order valence-corrected chi connectivity index (χ2v) is 5.32. The van der Waals surface area contributed by atoms with Crippen molar-refractivity contribution < 1.29 is 4.74 Å². The van der Waals surface area contributed by atoms with E-state index in [0.717, 1.165) is 21.3 Å². The number of methoxy groups -OCH3 is 1. The number of hydrogen-bond donors (Lipinski definition) is 1. The third-order valence-corrected chi connectivity index (χ3v) is 3.38. The third kappa shape index (κ3) is 3.83. The highest BCUT2D eigenvalue weighted by molar-refractivity contribution is 9.10. The summed E-state index contributed by atoms with van der Waals surface area (Å²) in [5, 5.41) is 12.4. The van der Waals surface area contributed by atoms with Crippen LogP contribution in [-0.4, -0.2) is 7.11 Å². The number of benzene rings is 2. The van der Waals surface area contributed by atoms with Gasteiger partial charge in [0.1, 0.15) is 6.07 Å². The summed E-state index contributed by atoms with van der Waals surface area (Å²) in [5.41, 5.74) is 3.77. The molecular formula is C16H15BrN2O. The fraction of sp³-hybridized carbons (Fsp3) is 0.188. The minimum Gasteiger partial charge on any atom is -0.380 e. The molecule has 0 saturated heterocycles. The molecule has 0 aliphatic rings. The molecule has 0 aliphatic carbocycles. The van der Waals surface area contributed by atoms with Crippen LogP contribution in [0.15, 0.2) is 46.9 Å². The normalized spacial score (nSPS) is 10.1. The van der Waals surface area contributed by atoms with E-state index in [1.807, 2.05) is 30.3 Å². The second kappa shape index (κ2) is 7.09. The van der Waals surface area contributed by atoms with Gasteiger partial charge >= 0.3 is 0 Å². The Hall–Kier alpha value is -1.83. The number of nitrogens with one attached hydrogen (secondary N) is 1. The van der Waals surface area contributed by atoms with Gasteiger partial charge in [-0.3, -0.25) is 0 Å². The number of hydrogen-bond acceptors (Lipinski definition) is 3. The monoisotopic (exact) mass is 330 g/mol. The average Bonchev–Trinajstić information content (AvgIpc) is 2.46. The van der Waals surface area contributed by atoms with Gasteiger partial charge < -0.3 is 10.1 Å². The summed E-state index contributed by atoms with van der Waals surface area (Å²) in [4.78, 5) is 0. The van der Waals surface area contributed by atoms with Crippen LogP contribution < -0.4 is 5.32 Å². The first-order valence-electron chi connectivity index (χ1n) is 6.23. The smallest absolute Gasteiger partial charge is 0.101 e. The van der Waals surface area contributed by atoms with Gasteiger partial charge in [0.2, 0.25) is 0 Å². The van der Waals surface area contributed by atoms with E-state index >= 15 is 0 Å². The molecule has 1 N–H and O–H groups in total. The van der Waals surface area contributed by atoms with E-state index in [1.54, 1.807) is 7.11 Å². The van der Waals surface area contributed by atoms with E-state index in [9.17, 15) is 0 Å². The Labute approximate surface area is 127 Å². The predicted molar refractivity (Wildman–Crippen MR) is 83.3 cm³/mol. The Kier molecular flexibility index (Phi) is 5.16. The van der Waals surface area contributed by atoms with Gasteiger partial charge in [0.25, 0.3) is 0 Å². The van der Waals surface area contributed by atoms with Gasteiger partial charge in [-0.2, -0.15) is 5.26 Å². The summed E-state index contributed by atoms with van der Waals surface area (Å²) in [7, 11) is 1.69. The quantitative estimate of drug-likeness (QED) is 0.898. The molecule has 0 radical (unpaired) electrons. The lowest BCUT2D eigenvalue weighted by Gasteiger charge is -2.10. The van der Waals surface area contributed by atoms with Crippen molar-refractivity contribution in [1.82, 2.24) is 0 Å². The van der Waals surface area contributed by atoms with Crippen molar-refractivity contribution in [2.75, 3.05) is 12.4 Å². The molecule has 102 valence electrons. The summed E-state index contributed by atoms with van der Waals surface area (Å²) in [6.07, 6.45) is 0. The molecule has 2 aromatic rings. The van der Waals surface area contributed by atoms with E-state index in [0.29, 0.717) is 18.7 Å². The Morgan fingerprint density at radius 2 is 2.00 bits per heavy atom. The highest BCUT2D eigenvalue weighted by atomic mass is 79.9. The van der Waals surface area contributed by atoms with Crippen LogP contribution in [0, 0.1) is 11.3 Å². The van der Waals surface area contributed by atoms with Crippen LogP contribution in [0.1, 0.15) is 16.7 Å². The molecule has 0 saturated carbocycles. The Bertz CT molecular complexity index is 635. The average molecular weight is 331 g/mol. The molecule has 0 aromatic heterocycles. The number of nitrogens with zero attached hydrogens (tertiary/aromatic N) is 1.